The summed E-state index contributed by atoms with van der Waals surface area (Å²) in [5.41, 5.74) is 2.94. The van der Waals surface area contributed by atoms with Gasteiger partial charge in [0, 0.05) is 17.5 Å². The van der Waals surface area contributed by atoms with Gasteiger partial charge in [-0.15, -0.1) is 0 Å². The maximum absolute atomic E-state index is 11.1. The Morgan fingerprint density at radius 2 is 1.71 bits per heavy atom. The zero-order valence-electron chi connectivity index (χ0n) is 11.7. The van der Waals surface area contributed by atoms with Crippen molar-refractivity contribution in [1.82, 2.24) is 15.2 Å². The van der Waals surface area contributed by atoms with Crippen molar-refractivity contribution in [2.45, 2.75) is 13.3 Å². The van der Waals surface area contributed by atoms with Gasteiger partial charge in [-0.1, -0.05) is 54.6 Å². The Labute approximate surface area is 122 Å². The number of hydrogen-bond acceptors (Lipinski definition) is 3. The Morgan fingerprint density at radius 1 is 1.00 bits per heavy atom. The van der Waals surface area contributed by atoms with Crippen LogP contribution < -0.4 is 0 Å². The van der Waals surface area contributed by atoms with Crippen LogP contribution in [0.15, 0.2) is 54.6 Å². The molecular weight excluding hydrogens is 262 g/mol. The zero-order valence-corrected chi connectivity index (χ0v) is 11.7. The molecule has 0 amide bonds. The van der Waals surface area contributed by atoms with E-state index in [4.69, 9.17) is 0 Å². The lowest BCUT2D eigenvalue weighted by Crippen LogP contribution is -1.95. The SMILES string of the molecule is CC(=O)Cc1ccc(-c2nc(-c3ccccc3)n[nH]2)cc1. The van der Waals surface area contributed by atoms with Crippen molar-refractivity contribution in [2.24, 2.45) is 0 Å². The molecule has 0 saturated carbocycles. The molecule has 4 nitrogen and oxygen atoms in total. The molecule has 0 aliphatic rings. The quantitative estimate of drug-likeness (QED) is 0.796. The van der Waals surface area contributed by atoms with Crippen LogP contribution in [0.3, 0.4) is 0 Å². The highest BCUT2D eigenvalue weighted by atomic mass is 16.1. The van der Waals surface area contributed by atoms with Crippen molar-refractivity contribution in [3.63, 3.8) is 0 Å². The molecule has 0 radical (unpaired) electrons. The molecule has 0 aliphatic heterocycles. The number of ketones is 1. The molecule has 0 bridgehead atoms. The van der Waals surface area contributed by atoms with E-state index in [9.17, 15) is 4.79 Å². The van der Waals surface area contributed by atoms with Crippen LogP contribution in [0.4, 0.5) is 0 Å². The van der Waals surface area contributed by atoms with E-state index in [-0.39, 0.29) is 5.78 Å². The van der Waals surface area contributed by atoms with Crippen LogP contribution in [0.1, 0.15) is 12.5 Å². The van der Waals surface area contributed by atoms with E-state index in [2.05, 4.69) is 15.2 Å². The van der Waals surface area contributed by atoms with Crippen molar-refractivity contribution in [2.75, 3.05) is 0 Å². The average molecular weight is 277 g/mol. The minimum Gasteiger partial charge on any atom is -0.300 e. The molecule has 3 aromatic rings. The van der Waals surface area contributed by atoms with Crippen molar-refractivity contribution in [1.29, 1.82) is 0 Å². The first kappa shape index (κ1) is 13.2. The van der Waals surface area contributed by atoms with E-state index in [1.54, 1.807) is 6.92 Å². The van der Waals surface area contributed by atoms with E-state index in [1.165, 1.54) is 0 Å². The normalized spacial score (nSPS) is 10.5. The van der Waals surface area contributed by atoms with E-state index in [0.29, 0.717) is 12.2 Å². The van der Waals surface area contributed by atoms with Gasteiger partial charge in [-0.2, -0.15) is 5.10 Å². The summed E-state index contributed by atoms with van der Waals surface area (Å²) in [4.78, 5) is 15.6. The summed E-state index contributed by atoms with van der Waals surface area (Å²) in [5.74, 6) is 1.57. The second-order valence-electron chi connectivity index (χ2n) is 4.95. The molecule has 21 heavy (non-hydrogen) atoms. The minimum absolute atomic E-state index is 0.161. The smallest absolute Gasteiger partial charge is 0.181 e. The lowest BCUT2D eigenvalue weighted by atomic mass is 10.1. The highest BCUT2D eigenvalue weighted by molar-refractivity contribution is 5.78. The topological polar surface area (TPSA) is 58.6 Å². The predicted octanol–water partition coefficient (Wildman–Crippen LogP) is 3.27. The molecular formula is C17H15N3O. The molecule has 0 saturated heterocycles. The van der Waals surface area contributed by atoms with Gasteiger partial charge in [0.2, 0.25) is 0 Å². The van der Waals surface area contributed by atoms with Gasteiger partial charge in [0.1, 0.15) is 5.78 Å². The van der Waals surface area contributed by atoms with Crippen LogP contribution in [0.2, 0.25) is 0 Å². The van der Waals surface area contributed by atoms with Gasteiger partial charge in [0.05, 0.1) is 0 Å². The number of aromatic nitrogens is 3. The van der Waals surface area contributed by atoms with Crippen molar-refractivity contribution < 1.29 is 4.79 Å². The predicted molar refractivity (Wildman–Crippen MR) is 81.6 cm³/mol. The molecule has 2 aromatic carbocycles. The molecule has 0 atom stereocenters. The lowest BCUT2D eigenvalue weighted by molar-refractivity contribution is -0.116. The van der Waals surface area contributed by atoms with Crippen LogP contribution in [0.25, 0.3) is 22.8 Å². The van der Waals surface area contributed by atoms with Gasteiger partial charge in [0.15, 0.2) is 11.6 Å². The Bertz CT molecular complexity index is 745. The Morgan fingerprint density at radius 3 is 2.38 bits per heavy atom. The number of carbonyl (C=O) groups is 1. The fourth-order valence-corrected chi connectivity index (χ4v) is 2.18. The first-order valence-corrected chi connectivity index (χ1v) is 6.79. The number of nitrogens with one attached hydrogen (secondary N) is 1. The summed E-state index contributed by atoms with van der Waals surface area (Å²) < 4.78 is 0. The van der Waals surface area contributed by atoms with Crippen LogP contribution in [-0.2, 0) is 11.2 Å². The van der Waals surface area contributed by atoms with Gasteiger partial charge < -0.3 is 0 Å². The molecule has 1 N–H and O–H groups in total. The summed E-state index contributed by atoms with van der Waals surface area (Å²) in [5, 5.41) is 7.20. The second-order valence-corrected chi connectivity index (χ2v) is 4.95. The largest absolute Gasteiger partial charge is 0.300 e. The number of benzene rings is 2. The fraction of sp³-hybridized carbons (Fsp3) is 0.118. The number of rotatable bonds is 4. The van der Waals surface area contributed by atoms with Crippen molar-refractivity contribution in [3.8, 4) is 22.8 Å². The molecule has 104 valence electrons. The molecule has 0 aliphatic carbocycles. The van der Waals surface area contributed by atoms with E-state index in [0.717, 1.165) is 22.5 Å². The minimum atomic E-state index is 0.161. The van der Waals surface area contributed by atoms with Gasteiger partial charge in [-0.05, 0) is 12.5 Å². The summed E-state index contributed by atoms with van der Waals surface area (Å²) >= 11 is 0. The second kappa shape index (κ2) is 5.71. The highest BCUT2D eigenvalue weighted by Crippen LogP contribution is 2.20. The zero-order chi connectivity index (χ0) is 14.7. The highest BCUT2D eigenvalue weighted by Gasteiger charge is 2.07. The van der Waals surface area contributed by atoms with Crippen LogP contribution in [0, 0.1) is 0 Å². The van der Waals surface area contributed by atoms with Crippen LogP contribution in [0.5, 0.6) is 0 Å². The monoisotopic (exact) mass is 277 g/mol. The van der Waals surface area contributed by atoms with Gasteiger partial charge >= 0.3 is 0 Å². The third-order valence-electron chi connectivity index (χ3n) is 3.20. The molecule has 1 heterocycles. The third kappa shape index (κ3) is 3.05. The molecule has 0 spiro atoms. The Kier molecular flexibility index (Phi) is 3.60. The molecule has 4 heteroatoms. The molecule has 1 aromatic heterocycles. The van der Waals surface area contributed by atoms with Crippen molar-refractivity contribution in [3.05, 3.63) is 60.2 Å². The number of carbonyl (C=O) groups excluding carboxylic acids is 1. The van der Waals surface area contributed by atoms with Gasteiger partial charge in [0.25, 0.3) is 0 Å². The summed E-state index contributed by atoms with van der Waals surface area (Å²) in [7, 11) is 0. The van der Waals surface area contributed by atoms with Crippen LogP contribution >= 0.6 is 0 Å². The van der Waals surface area contributed by atoms with E-state index in [1.807, 2.05) is 54.6 Å². The summed E-state index contributed by atoms with van der Waals surface area (Å²) in [6.07, 6.45) is 0.464. The fourth-order valence-electron chi connectivity index (χ4n) is 2.18. The third-order valence-corrected chi connectivity index (χ3v) is 3.20. The maximum Gasteiger partial charge on any atom is 0.181 e. The first-order valence-electron chi connectivity index (χ1n) is 6.79. The van der Waals surface area contributed by atoms with Gasteiger partial charge in [-0.25, -0.2) is 4.98 Å². The number of aromatic amines is 1. The Hall–Kier alpha value is -2.75. The molecule has 3 rings (SSSR count). The van der Waals surface area contributed by atoms with Crippen molar-refractivity contribution >= 4 is 5.78 Å². The number of nitrogens with zero attached hydrogens (tertiary/aromatic N) is 2. The van der Waals surface area contributed by atoms with E-state index >= 15 is 0 Å². The standard InChI is InChI=1S/C17H15N3O/c1-12(21)11-13-7-9-15(10-8-13)17-18-16(19-20-17)14-5-3-2-4-6-14/h2-10H,11H2,1H3,(H,18,19,20). The molecule has 0 unspecified atom stereocenters. The number of H-pyrrole nitrogens is 1. The number of hydrogen-bond donors (Lipinski definition) is 1. The first-order chi connectivity index (χ1) is 10.2. The molecule has 0 fully saturated rings. The average Bonchev–Trinajstić information content (AvgIpc) is 2.98. The van der Waals surface area contributed by atoms with Crippen LogP contribution in [-0.4, -0.2) is 21.0 Å². The van der Waals surface area contributed by atoms with E-state index < -0.39 is 0 Å². The number of Topliss-reactive ketones (excluding diaryl/α,β-unsaturated/α-hetero) is 1. The maximum atomic E-state index is 11.1. The summed E-state index contributed by atoms with van der Waals surface area (Å²) in [6.45, 7) is 1.59. The Balaban J connectivity index is 1.85. The summed E-state index contributed by atoms with van der Waals surface area (Å²) in [6, 6.07) is 17.6. The lowest BCUT2D eigenvalue weighted by Gasteiger charge is -1.99. The van der Waals surface area contributed by atoms with Gasteiger partial charge in [-0.3, -0.25) is 9.89 Å².